The van der Waals surface area contributed by atoms with E-state index < -0.39 is 0 Å². The van der Waals surface area contributed by atoms with Crippen molar-refractivity contribution in [2.24, 2.45) is 0 Å². The average Bonchev–Trinajstić information content (AvgIpc) is 2.74. The van der Waals surface area contributed by atoms with Crippen LogP contribution in [0.1, 0.15) is 17.2 Å². The van der Waals surface area contributed by atoms with Crippen molar-refractivity contribution in [2.45, 2.75) is 6.10 Å². The molecule has 0 amide bonds. The highest BCUT2D eigenvalue weighted by atomic mass is 16.5. The molecule has 0 aromatic heterocycles. The third-order valence-electron chi connectivity index (χ3n) is 4.42. The molecule has 0 spiro atoms. The van der Waals surface area contributed by atoms with Gasteiger partial charge in [0.05, 0.1) is 0 Å². The fourth-order valence-electron chi connectivity index (χ4n) is 3.08. The molecular weight excluding hydrogens is 316 g/mol. The monoisotopic (exact) mass is 336 g/mol. The quantitative estimate of drug-likeness (QED) is 0.403. The lowest BCUT2D eigenvalue weighted by Gasteiger charge is -2.20. The van der Waals surface area contributed by atoms with Crippen LogP contribution in [0.25, 0.3) is 11.1 Å². The highest BCUT2D eigenvalue weighted by Gasteiger charge is 2.15. The first-order valence-corrected chi connectivity index (χ1v) is 8.82. The summed E-state index contributed by atoms with van der Waals surface area (Å²) in [6.45, 7) is 0. The number of hydrogen-bond donors (Lipinski definition) is 0. The Hall–Kier alpha value is -3.32. The predicted molar refractivity (Wildman–Crippen MR) is 107 cm³/mol. The summed E-state index contributed by atoms with van der Waals surface area (Å²) >= 11 is 0. The predicted octanol–water partition coefficient (Wildman–Crippen LogP) is 6.52. The fraction of sp³-hybridized carbons (Fsp3) is 0.0400. The van der Waals surface area contributed by atoms with Crippen molar-refractivity contribution in [1.29, 1.82) is 0 Å². The van der Waals surface area contributed by atoms with Crippen LogP contribution in [-0.4, -0.2) is 0 Å². The zero-order chi connectivity index (χ0) is 17.6. The van der Waals surface area contributed by atoms with Gasteiger partial charge in [0.1, 0.15) is 11.9 Å². The Labute approximate surface area is 154 Å². The Morgan fingerprint density at radius 2 is 0.846 bits per heavy atom. The van der Waals surface area contributed by atoms with Gasteiger partial charge in [0.15, 0.2) is 0 Å². The Morgan fingerprint density at radius 3 is 1.35 bits per heavy atom. The number of benzene rings is 4. The lowest BCUT2D eigenvalue weighted by atomic mass is 10.0. The third-order valence-corrected chi connectivity index (χ3v) is 4.42. The normalized spacial score (nSPS) is 10.7. The maximum absolute atomic E-state index is 6.38. The summed E-state index contributed by atoms with van der Waals surface area (Å²) < 4.78 is 6.38. The molecule has 4 aromatic carbocycles. The second kappa shape index (κ2) is 7.71. The topological polar surface area (TPSA) is 9.23 Å². The highest BCUT2D eigenvalue weighted by Crippen LogP contribution is 2.30. The Bertz CT molecular complexity index is 890. The minimum absolute atomic E-state index is 0.125. The van der Waals surface area contributed by atoms with E-state index in [9.17, 15) is 0 Å². The van der Waals surface area contributed by atoms with Crippen molar-refractivity contribution < 1.29 is 4.74 Å². The van der Waals surface area contributed by atoms with Crippen molar-refractivity contribution >= 4 is 0 Å². The van der Waals surface area contributed by atoms with Crippen LogP contribution < -0.4 is 4.74 Å². The molecule has 4 aromatic rings. The van der Waals surface area contributed by atoms with Gasteiger partial charge in [-0.3, -0.25) is 0 Å². The first kappa shape index (κ1) is 16.2. The minimum Gasteiger partial charge on any atom is -0.481 e. The van der Waals surface area contributed by atoms with Crippen molar-refractivity contribution in [3.63, 3.8) is 0 Å². The molecule has 0 aliphatic heterocycles. The first-order chi connectivity index (χ1) is 12.9. The highest BCUT2D eigenvalue weighted by molar-refractivity contribution is 5.63. The fourth-order valence-corrected chi connectivity index (χ4v) is 3.08. The Balaban J connectivity index is 1.62. The van der Waals surface area contributed by atoms with Crippen LogP contribution >= 0.6 is 0 Å². The first-order valence-electron chi connectivity index (χ1n) is 8.82. The molecule has 0 atom stereocenters. The lowest BCUT2D eigenvalue weighted by molar-refractivity contribution is 0.247. The van der Waals surface area contributed by atoms with Crippen molar-refractivity contribution in [1.82, 2.24) is 0 Å². The van der Waals surface area contributed by atoms with Crippen molar-refractivity contribution in [3.05, 3.63) is 126 Å². The van der Waals surface area contributed by atoms with Gasteiger partial charge in [-0.15, -0.1) is 0 Å². The van der Waals surface area contributed by atoms with E-state index in [2.05, 4.69) is 60.7 Å². The summed E-state index contributed by atoms with van der Waals surface area (Å²) in [5.74, 6) is 0.863. The van der Waals surface area contributed by atoms with E-state index in [4.69, 9.17) is 4.74 Å². The summed E-state index contributed by atoms with van der Waals surface area (Å²) in [6.07, 6.45) is -0.125. The summed E-state index contributed by atoms with van der Waals surface area (Å²) in [5.41, 5.74) is 4.69. The Kier molecular flexibility index (Phi) is 4.79. The second-order valence-electron chi connectivity index (χ2n) is 6.21. The van der Waals surface area contributed by atoms with Gasteiger partial charge >= 0.3 is 0 Å². The molecule has 4 rings (SSSR count). The number of hydrogen-bond acceptors (Lipinski definition) is 1. The van der Waals surface area contributed by atoms with E-state index in [1.54, 1.807) is 0 Å². The molecule has 26 heavy (non-hydrogen) atoms. The summed E-state index contributed by atoms with van der Waals surface area (Å²) in [7, 11) is 0. The van der Waals surface area contributed by atoms with E-state index in [1.165, 1.54) is 11.1 Å². The molecule has 0 N–H and O–H groups in total. The molecular formula is C25H20O. The summed E-state index contributed by atoms with van der Waals surface area (Å²) in [5, 5.41) is 0. The molecule has 0 saturated carbocycles. The van der Waals surface area contributed by atoms with Gasteiger partial charge in [-0.2, -0.15) is 0 Å². The molecule has 0 fully saturated rings. The smallest absolute Gasteiger partial charge is 0.149 e. The molecule has 1 nitrogen and oxygen atoms in total. The van der Waals surface area contributed by atoms with Crippen LogP contribution in [0, 0.1) is 0 Å². The van der Waals surface area contributed by atoms with Gasteiger partial charge in [0, 0.05) is 0 Å². The van der Waals surface area contributed by atoms with Crippen LogP contribution in [0.3, 0.4) is 0 Å². The zero-order valence-corrected chi connectivity index (χ0v) is 14.5. The van der Waals surface area contributed by atoms with Crippen LogP contribution in [0.2, 0.25) is 0 Å². The number of ether oxygens (including phenoxy) is 1. The molecule has 0 heterocycles. The molecule has 0 radical (unpaired) electrons. The molecule has 0 saturated heterocycles. The van der Waals surface area contributed by atoms with Crippen molar-refractivity contribution in [3.8, 4) is 16.9 Å². The van der Waals surface area contributed by atoms with Gasteiger partial charge < -0.3 is 4.74 Å². The van der Waals surface area contributed by atoms with Gasteiger partial charge in [-0.05, 0) is 34.4 Å². The van der Waals surface area contributed by atoms with Gasteiger partial charge in [0.25, 0.3) is 0 Å². The molecule has 126 valence electrons. The average molecular weight is 336 g/mol. The molecule has 1 heteroatoms. The lowest BCUT2D eigenvalue weighted by Crippen LogP contribution is -2.09. The van der Waals surface area contributed by atoms with Crippen LogP contribution in [0.5, 0.6) is 5.75 Å². The number of rotatable bonds is 5. The van der Waals surface area contributed by atoms with E-state index in [0.717, 1.165) is 16.9 Å². The third kappa shape index (κ3) is 3.68. The second-order valence-corrected chi connectivity index (χ2v) is 6.21. The molecule has 0 aliphatic carbocycles. The maximum Gasteiger partial charge on any atom is 0.149 e. The summed E-state index contributed by atoms with van der Waals surface area (Å²) in [4.78, 5) is 0. The van der Waals surface area contributed by atoms with Crippen LogP contribution in [0.4, 0.5) is 0 Å². The molecule has 0 aliphatic rings. The minimum atomic E-state index is -0.125. The van der Waals surface area contributed by atoms with E-state index >= 15 is 0 Å². The van der Waals surface area contributed by atoms with E-state index in [-0.39, 0.29) is 6.10 Å². The molecule has 0 bridgehead atoms. The SMILES string of the molecule is c1ccc(-c2ccc(OC(c3ccccc3)c3ccccc3)cc2)cc1. The van der Waals surface area contributed by atoms with Gasteiger partial charge in [0.2, 0.25) is 0 Å². The zero-order valence-electron chi connectivity index (χ0n) is 14.5. The van der Waals surface area contributed by atoms with Gasteiger partial charge in [-0.1, -0.05) is 103 Å². The van der Waals surface area contributed by atoms with E-state index in [1.807, 2.05) is 54.6 Å². The van der Waals surface area contributed by atoms with E-state index in [0.29, 0.717) is 0 Å². The largest absolute Gasteiger partial charge is 0.481 e. The Morgan fingerprint density at radius 1 is 0.423 bits per heavy atom. The summed E-state index contributed by atoms with van der Waals surface area (Å²) in [6, 6.07) is 39.4. The van der Waals surface area contributed by atoms with Crippen LogP contribution in [-0.2, 0) is 0 Å². The molecule has 0 unspecified atom stereocenters. The van der Waals surface area contributed by atoms with Crippen LogP contribution in [0.15, 0.2) is 115 Å². The van der Waals surface area contributed by atoms with Crippen molar-refractivity contribution in [2.75, 3.05) is 0 Å². The van der Waals surface area contributed by atoms with Gasteiger partial charge in [-0.25, -0.2) is 0 Å². The standard InChI is InChI=1S/C25H20O/c1-4-10-20(11-5-1)21-16-18-24(19-17-21)26-25(22-12-6-2-7-13-22)23-14-8-3-9-15-23/h1-19,25H. The maximum atomic E-state index is 6.38.